The lowest BCUT2D eigenvalue weighted by atomic mass is 10.1. The maximum absolute atomic E-state index is 5.41. The van der Waals surface area contributed by atoms with Crippen LogP contribution in [0.2, 0.25) is 0 Å². The summed E-state index contributed by atoms with van der Waals surface area (Å²) in [7, 11) is 3.38. The molecular formula is C15H24N2O2. The van der Waals surface area contributed by atoms with Gasteiger partial charge in [-0.2, -0.15) is 0 Å². The van der Waals surface area contributed by atoms with Gasteiger partial charge in [0.15, 0.2) is 0 Å². The van der Waals surface area contributed by atoms with E-state index in [1.165, 1.54) is 18.4 Å². The van der Waals surface area contributed by atoms with Crippen molar-refractivity contribution in [3.63, 3.8) is 0 Å². The first-order chi connectivity index (χ1) is 9.33. The number of rotatable bonds is 6. The lowest BCUT2D eigenvalue weighted by molar-refractivity contribution is 0.381. The van der Waals surface area contributed by atoms with Crippen LogP contribution in [0.5, 0.6) is 11.5 Å². The fourth-order valence-corrected chi connectivity index (χ4v) is 2.50. The molecule has 2 N–H and O–H groups in total. The molecule has 0 saturated carbocycles. The van der Waals surface area contributed by atoms with Crippen LogP contribution in [0, 0.1) is 0 Å². The van der Waals surface area contributed by atoms with Crippen molar-refractivity contribution < 1.29 is 9.47 Å². The zero-order chi connectivity index (χ0) is 13.5. The average Bonchev–Trinajstić information content (AvgIpc) is 2.48. The van der Waals surface area contributed by atoms with Crippen molar-refractivity contribution in [2.24, 2.45) is 0 Å². The molecule has 1 saturated heterocycles. The molecule has 1 heterocycles. The number of methoxy groups -OCH3 is 2. The second-order valence-electron chi connectivity index (χ2n) is 4.91. The Morgan fingerprint density at radius 1 is 1.21 bits per heavy atom. The minimum atomic E-state index is 0.658. The lowest BCUT2D eigenvalue weighted by Gasteiger charge is -2.23. The van der Waals surface area contributed by atoms with E-state index >= 15 is 0 Å². The Kier molecular flexibility index (Phi) is 5.48. The average molecular weight is 264 g/mol. The Morgan fingerprint density at radius 3 is 2.68 bits per heavy atom. The number of piperidine rings is 1. The van der Waals surface area contributed by atoms with Gasteiger partial charge in [-0.3, -0.25) is 0 Å². The molecule has 1 aromatic rings. The molecule has 4 nitrogen and oxygen atoms in total. The normalized spacial score (nSPS) is 16.3. The van der Waals surface area contributed by atoms with E-state index in [9.17, 15) is 0 Å². The molecule has 0 radical (unpaired) electrons. The topological polar surface area (TPSA) is 42.5 Å². The van der Waals surface area contributed by atoms with E-state index in [4.69, 9.17) is 9.47 Å². The lowest BCUT2D eigenvalue weighted by Crippen LogP contribution is -2.40. The van der Waals surface area contributed by atoms with Crippen LogP contribution in [0.25, 0.3) is 0 Å². The van der Waals surface area contributed by atoms with Gasteiger partial charge in [0.05, 0.1) is 14.2 Å². The minimum Gasteiger partial charge on any atom is -0.497 e. The molecule has 19 heavy (non-hydrogen) atoms. The zero-order valence-corrected chi connectivity index (χ0v) is 11.9. The van der Waals surface area contributed by atoms with Gasteiger partial charge in [-0.1, -0.05) is 6.07 Å². The first-order valence-corrected chi connectivity index (χ1v) is 6.98. The summed E-state index contributed by atoms with van der Waals surface area (Å²) in [5, 5.41) is 7.00. The highest BCUT2D eigenvalue weighted by Gasteiger charge is 2.12. The van der Waals surface area contributed by atoms with Gasteiger partial charge in [0.2, 0.25) is 0 Å². The number of benzene rings is 1. The highest BCUT2D eigenvalue weighted by Crippen LogP contribution is 2.24. The van der Waals surface area contributed by atoms with Gasteiger partial charge in [-0.25, -0.2) is 0 Å². The second kappa shape index (κ2) is 7.36. The van der Waals surface area contributed by atoms with Crippen LogP contribution in [0.3, 0.4) is 0 Å². The molecule has 0 amide bonds. The summed E-state index contributed by atoms with van der Waals surface area (Å²) in [5.74, 6) is 1.75. The predicted octanol–water partition coefficient (Wildman–Crippen LogP) is 1.59. The van der Waals surface area contributed by atoms with Gasteiger partial charge >= 0.3 is 0 Å². The van der Waals surface area contributed by atoms with Crippen LogP contribution in [-0.2, 0) is 6.42 Å². The Hall–Kier alpha value is -1.26. The number of ether oxygens (including phenoxy) is 2. The third kappa shape index (κ3) is 4.11. The highest BCUT2D eigenvalue weighted by molar-refractivity contribution is 5.40. The number of hydrogen-bond donors (Lipinski definition) is 2. The monoisotopic (exact) mass is 264 g/mol. The van der Waals surface area contributed by atoms with E-state index in [0.717, 1.165) is 37.6 Å². The van der Waals surface area contributed by atoms with Crippen LogP contribution in [-0.4, -0.2) is 39.9 Å². The fourth-order valence-electron chi connectivity index (χ4n) is 2.50. The molecule has 0 atom stereocenters. The summed E-state index contributed by atoms with van der Waals surface area (Å²) in [6.07, 6.45) is 3.43. The Bertz CT molecular complexity index is 390. The minimum absolute atomic E-state index is 0.658. The summed E-state index contributed by atoms with van der Waals surface area (Å²) in [5.41, 5.74) is 1.23. The Labute approximate surface area is 115 Å². The summed E-state index contributed by atoms with van der Waals surface area (Å²) < 4.78 is 10.6. The summed E-state index contributed by atoms with van der Waals surface area (Å²) in [6.45, 7) is 3.25. The third-order valence-corrected chi connectivity index (χ3v) is 3.66. The SMILES string of the molecule is COc1ccc(CCNC2CCNCC2)c(OC)c1. The van der Waals surface area contributed by atoms with Crippen LogP contribution in [0.15, 0.2) is 18.2 Å². The van der Waals surface area contributed by atoms with Crippen molar-refractivity contribution in [3.8, 4) is 11.5 Å². The molecule has 1 aromatic carbocycles. The van der Waals surface area contributed by atoms with Crippen LogP contribution >= 0.6 is 0 Å². The Balaban J connectivity index is 1.84. The van der Waals surface area contributed by atoms with E-state index in [1.54, 1.807) is 14.2 Å². The molecule has 0 unspecified atom stereocenters. The molecule has 4 heteroatoms. The number of nitrogens with one attached hydrogen (secondary N) is 2. The van der Waals surface area contributed by atoms with Crippen molar-refractivity contribution in [2.45, 2.75) is 25.3 Å². The van der Waals surface area contributed by atoms with Crippen LogP contribution in [0.1, 0.15) is 18.4 Å². The predicted molar refractivity (Wildman–Crippen MR) is 77.1 cm³/mol. The molecule has 1 aliphatic rings. The summed E-state index contributed by atoms with van der Waals surface area (Å²) in [6, 6.07) is 6.68. The fraction of sp³-hybridized carbons (Fsp3) is 0.600. The van der Waals surface area contributed by atoms with E-state index < -0.39 is 0 Å². The van der Waals surface area contributed by atoms with Crippen molar-refractivity contribution in [3.05, 3.63) is 23.8 Å². The van der Waals surface area contributed by atoms with Gasteiger partial charge < -0.3 is 20.1 Å². The molecule has 106 valence electrons. The van der Waals surface area contributed by atoms with Gasteiger partial charge in [0.25, 0.3) is 0 Å². The van der Waals surface area contributed by atoms with Crippen LogP contribution in [0.4, 0.5) is 0 Å². The van der Waals surface area contributed by atoms with Crippen molar-refractivity contribution in [2.75, 3.05) is 33.9 Å². The van der Waals surface area contributed by atoms with Crippen LogP contribution < -0.4 is 20.1 Å². The van der Waals surface area contributed by atoms with E-state index in [-0.39, 0.29) is 0 Å². The van der Waals surface area contributed by atoms with Gasteiger partial charge in [0.1, 0.15) is 11.5 Å². The largest absolute Gasteiger partial charge is 0.497 e. The van der Waals surface area contributed by atoms with E-state index in [1.807, 2.05) is 12.1 Å². The van der Waals surface area contributed by atoms with Crippen molar-refractivity contribution in [1.82, 2.24) is 10.6 Å². The molecular weight excluding hydrogens is 240 g/mol. The first-order valence-electron chi connectivity index (χ1n) is 6.98. The highest BCUT2D eigenvalue weighted by atomic mass is 16.5. The van der Waals surface area contributed by atoms with Gasteiger partial charge in [-0.05, 0) is 50.5 Å². The zero-order valence-electron chi connectivity index (χ0n) is 11.9. The smallest absolute Gasteiger partial charge is 0.125 e. The number of hydrogen-bond acceptors (Lipinski definition) is 4. The second-order valence-corrected chi connectivity index (χ2v) is 4.91. The molecule has 1 fully saturated rings. The van der Waals surface area contributed by atoms with E-state index in [2.05, 4.69) is 16.7 Å². The quantitative estimate of drug-likeness (QED) is 0.819. The molecule has 0 spiro atoms. The summed E-state index contributed by atoms with van der Waals surface area (Å²) in [4.78, 5) is 0. The van der Waals surface area contributed by atoms with E-state index in [0.29, 0.717) is 6.04 Å². The standard InChI is InChI=1S/C15H24N2O2/c1-18-14-4-3-12(15(11-14)19-2)5-10-17-13-6-8-16-9-7-13/h3-4,11,13,16-17H,5-10H2,1-2H3. The van der Waals surface area contributed by atoms with Gasteiger partial charge in [-0.15, -0.1) is 0 Å². The third-order valence-electron chi connectivity index (χ3n) is 3.66. The molecule has 0 bridgehead atoms. The molecule has 0 aromatic heterocycles. The Morgan fingerprint density at radius 2 is 2.00 bits per heavy atom. The summed E-state index contributed by atoms with van der Waals surface area (Å²) >= 11 is 0. The maximum atomic E-state index is 5.41. The first kappa shape index (κ1) is 14.2. The maximum Gasteiger partial charge on any atom is 0.125 e. The molecule has 0 aliphatic carbocycles. The molecule has 2 rings (SSSR count). The van der Waals surface area contributed by atoms with Crippen molar-refractivity contribution in [1.29, 1.82) is 0 Å². The van der Waals surface area contributed by atoms with Crippen molar-refractivity contribution >= 4 is 0 Å². The molecule has 1 aliphatic heterocycles. The van der Waals surface area contributed by atoms with Gasteiger partial charge in [0, 0.05) is 12.1 Å².